The van der Waals surface area contributed by atoms with Crippen molar-refractivity contribution in [1.29, 1.82) is 0 Å². The van der Waals surface area contributed by atoms with Crippen molar-refractivity contribution in [3.63, 3.8) is 0 Å². The number of hydrogen-bond donors (Lipinski definition) is 0. The van der Waals surface area contributed by atoms with Gasteiger partial charge in [-0.05, 0) is 36.5 Å². The lowest BCUT2D eigenvalue weighted by atomic mass is 9.69. The molecule has 0 bridgehead atoms. The van der Waals surface area contributed by atoms with Gasteiger partial charge in [-0.3, -0.25) is 4.79 Å². The monoisotopic (exact) mass is 325 g/mol. The molecule has 23 heavy (non-hydrogen) atoms. The van der Waals surface area contributed by atoms with Crippen molar-refractivity contribution in [1.82, 2.24) is 4.90 Å². The molecule has 4 nitrogen and oxygen atoms in total. The van der Waals surface area contributed by atoms with E-state index < -0.39 is 0 Å². The van der Waals surface area contributed by atoms with E-state index in [9.17, 15) is 4.79 Å². The van der Waals surface area contributed by atoms with Crippen LogP contribution in [0.4, 0.5) is 0 Å². The summed E-state index contributed by atoms with van der Waals surface area (Å²) in [5.41, 5.74) is 0.132. The summed E-state index contributed by atoms with van der Waals surface area (Å²) >= 11 is 0. The summed E-state index contributed by atoms with van der Waals surface area (Å²) < 4.78 is 11.4. The van der Waals surface area contributed by atoms with Gasteiger partial charge in [0.25, 0.3) is 0 Å². The van der Waals surface area contributed by atoms with E-state index in [1.54, 1.807) is 0 Å². The fraction of sp³-hybridized carbons (Fsp3) is 0.947. The third kappa shape index (κ3) is 5.46. The van der Waals surface area contributed by atoms with E-state index in [0.29, 0.717) is 43.5 Å². The van der Waals surface area contributed by atoms with Gasteiger partial charge in [-0.15, -0.1) is 0 Å². The highest BCUT2D eigenvalue weighted by atomic mass is 16.5. The smallest absolute Gasteiger partial charge is 0.223 e. The van der Waals surface area contributed by atoms with Crippen LogP contribution in [-0.2, 0) is 14.3 Å². The average Bonchev–Trinajstić information content (AvgIpc) is 2.54. The zero-order chi connectivity index (χ0) is 16.9. The first-order valence-electron chi connectivity index (χ1n) is 9.39. The molecular weight excluding hydrogens is 290 g/mol. The minimum atomic E-state index is 0.132. The number of ether oxygens (including phenoxy) is 2. The van der Waals surface area contributed by atoms with Crippen molar-refractivity contribution in [2.75, 3.05) is 32.9 Å². The molecule has 0 aromatic carbocycles. The van der Waals surface area contributed by atoms with Crippen LogP contribution in [0.3, 0.4) is 0 Å². The molecule has 0 radical (unpaired) electrons. The minimum absolute atomic E-state index is 0.132. The lowest BCUT2D eigenvalue weighted by molar-refractivity contribution is -0.142. The van der Waals surface area contributed by atoms with Gasteiger partial charge in [-0.2, -0.15) is 0 Å². The quantitative estimate of drug-likeness (QED) is 0.750. The molecule has 0 spiro atoms. The maximum atomic E-state index is 12.8. The van der Waals surface area contributed by atoms with E-state index >= 15 is 0 Å². The number of morpholine rings is 1. The second-order valence-electron chi connectivity index (χ2n) is 8.21. The van der Waals surface area contributed by atoms with Crippen LogP contribution in [0, 0.1) is 17.3 Å². The van der Waals surface area contributed by atoms with E-state index in [2.05, 4.69) is 27.7 Å². The Bertz CT molecular complexity index is 377. The predicted octanol–water partition coefficient (Wildman–Crippen LogP) is 3.49. The van der Waals surface area contributed by atoms with Gasteiger partial charge in [0.15, 0.2) is 0 Å². The van der Waals surface area contributed by atoms with Gasteiger partial charge >= 0.3 is 0 Å². The Labute approximate surface area is 141 Å². The maximum absolute atomic E-state index is 12.8. The van der Waals surface area contributed by atoms with Crippen molar-refractivity contribution >= 4 is 5.91 Å². The van der Waals surface area contributed by atoms with Crippen LogP contribution in [0.5, 0.6) is 0 Å². The third-order valence-electron chi connectivity index (χ3n) is 5.48. The molecule has 0 unspecified atom stereocenters. The number of amides is 1. The Kier molecular flexibility index (Phi) is 6.90. The van der Waals surface area contributed by atoms with Crippen molar-refractivity contribution in [2.24, 2.45) is 17.3 Å². The SMILES string of the molecule is CC(C)CC[C@@]1(CC(=O)N2CCOCC2)CCO[C@H](C(C)C)C1. The molecule has 2 rings (SSSR count). The first-order valence-corrected chi connectivity index (χ1v) is 9.39. The molecule has 0 aromatic heterocycles. The van der Waals surface area contributed by atoms with Crippen molar-refractivity contribution in [3.05, 3.63) is 0 Å². The number of carbonyl (C=O) groups is 1. The summed E-state index contributed by atoms with van der Waals surface area (Å²) in [6.07, 6.45) is 5.39. The van der Waals surface area contributed by atoms with Crippen LogP contribution in [0.25, 0.3) is 0 Å². The predicted molar refractivity (Wildman–Crippen MR) is 92.3 cm³/mol. The van der Waals surface area contributed by atoms with Crippen LogP contribution in [-0.4, -0.2) is 49.8 Å². The zero-order valence-electron chi connectivity index (χ0n) is 15.5. The summed E-state index contributed by atoms with van der Waals surface area (Å²) in [6.45, 7) is 12.7. The zero-order valence-corrected chi connectivity index (χ0v) is 15.5. The Morgan fingerprint density at radius 1 is 1.17 bits per heavy atom. The van der Waals surface area contributed by atoms with E-state index in [1.807, 2.05) is 4.90 Å². The molecule has 1 amide bonds. The molecule has 2 atom stereocenters. The summed E-state index contributed by atoms with van der Waals surface area (Å²) in [4.78, 5) is 14.8. The van der Waals surface area contributed by atoms with Gasteiger partial charge in [0.2, 0.25) is 5.91 Å². The Morgan fingerprint density at radius 2 is 1.87 bits per heavy atom. The van der Waals surface area contributed by atoms with Gasteiger partial charge in [0.05, 0.1) is 19.3 Å². The van der Waals surface area contributed by atoms with E-state index in [-0.39, 0.29) is 5.41 Å². The molecule has 0 aromatic rings. The molecule has 0 saturated carbocycles. The van der Waals surface area contributed by atoms with Crippen molar-refractivity contribution in [3.8, 4) is 0 Å². The maximum Gasteiger partial charge on any atom is 0.223 e. The molecule has 2 fully saturated rings. The van der Waals surface area contributed by atoms with Gasteiger partial charge in [0, 0.05) is 26.1 Å². The molecule has 2 aliphatic heterocycles. The lowest BCUT2D eigenvalue weighted by Gasteiger charge is -2.43. The molecule has 0 N–H and O–H groups in total. The van der Waals surface area contributed by atoms with Gasteiger partial charge in [-0.25, -0.2) is 0 Å². The van der Waals surface area contributed by atoms with Gasteiger partial charge in [-0.1, -0.05) is 34.1 Å². The van der Waals surface area contributed by atoms with Gasteiger partial charge < -0.3 is 14.4 Å². The molecule has 2 saturated heterocycles. The first-order chi connectivity index (χ1) is 10.9. The number of carbonyl (C=O) groups excluding carboxylic acids is 1. The second-order valence-corrected chi connectivity index (χ2v) is 8.21. The highest BCUT2D eigenvalue weighted by molar-refractivity contribution is 5.77. The minimum Gasteiger partial charge on any atom is -0.378 e. The van der Waals surface area contributed by atoms with E-state index in [0.717, 1.165) is 39.0 Å². The first kappa shape index (κ1) is 18.7. The van der Waals surface area contributed by atoms with Crippen LogP contribution >= 0.6 is 0 Å². The lowest BCUT2D eigenvalue weighted by Crippen LogP contribution is -2.45. The second kappa shape index (κ2) is 8.48. The van der Waals surface area contributed by atoms with Crippen molar-refractivity contribution < 1.29 is 14.3 Å². The summed E-state index contributed by atoms with van der Waals surface area (Å²) in [6, 6.07) is 0. The van der Waals surface area contributed by atoms with E-state index in [4.69, 9.17) is 9.47 Å². The van der Waals surface area contributed by atoms with Gasteiger partial charge in [0.1, 0.15) is 0 Å². The number of rotatable bonds is 6. The third-order valence-corrected chi connectivity index (χ3v) is 5.48. The van der Waals surface area contributed by atoms with Crippen LogP contribution in [0.15, 0.2) is 0 Å². The molecule has 0 aliphatic carbocycles. The molecule has 4 heteroatoms. The molecule has 134 valence electrons. The van der Waals surface area contributed by atoms with Crippen LogP contribution in [0.2, 0.25) is 0 Å². The Hall–Kier alpha value is -0.610. The molecular formula is C19H35NO3. The summed E-state index contributed by atoms with van der Waals surface area (Å²) in [5.74, 6) is 1.53. The van der Waals surface area contributed by atoms with E-state index in [1.165, 1.54) is 6.42 Å². The van der Waals surface area contributed by atoms with Crippen molar-refractivity contribution in [2.45, 2.75) is 65.9 Å². The Balaban J connectivity index is 2.04. The Morgan fingerprint density at radius 3 is 2.48 bits per heavy atom. The van der Waals surface area contributed by atoms with Crippen LogP contribution in [0.1, 0.15) is 59.8 Å². The van der Waals surface area contributed by atoms with Crippen LogP contribution < -0.4 is 0 Å². The molecule has 2 heterocycles. The highest BCUT2D eigenvalue weighted by Crippen LogP contribution is 2.43. The largest absolute Gasteiger partial charge is 0.378 e. The number of hydrogen-bond acceptors (Lipinski definition) is 3. The highest BCUT2D eigenvalue weighted by Gasteiger charge is 2.40. The fourth-order valence-corrected chi connectivity index (χ4v) is 3.76. The fourth-order valence-electron chi connectivity index (χ4n) is 3.76. The average molecular weight is 325 g/mol. The topological polar surface area (TPSA) is 38.8 Å². The number of nitrogens with zero attached hydrogens (tertiary/aromatic N) is 1. The molecule has 2 aliphatic rings. The normalized spacial score (nSPS) is 29.3. The summed E-state index contributed by atoms with van der Waals surface area (Å²) in [5, 5.41) is 0. The standard InChI is InChI=1S/C19H35NO3/c1-15(2)5-6-19(7-10-23-17(13-19)16(3)4)14-18(21)20-8-11-22-12-9-20/h15-17H,5-14H2,1-4H3/t17-,19+/m0/s1. The summed E-state index contributed by atoms with van der Waals surface area (Å²) in [7, 11) is 0.